The summed E-state index contributed by atoms with van der Waals surface area (Å²) in [4.78, 5) is 0. The van der Waals surface area contributed by atoms with Crippen LogP contribution in [-0.2, 0) is 15.7 Å². The maximum atomic E-state index is 15.4. The molecule has 1 saturated heterocycles. The van der Waals surface area contributed by atoms with Crippen molar-refractivity contribution in [2.75, 3.05) is 13.1 Å². The molecule has 2 aliphatic heterocycles. The van der Waals surface area contributed by atoms with Crippen molar-refractivity contribution in [2.24, 2.45) is 0 Å². The molecular weight excluding hydrogens is 328 g/mol. The minimum Gasteiger partial charge on any atom is -0.398 e. The highest BCUT2D eigenvalue weighted by Gasteiger charge is 2.53. The predicted molar refractivity (Wildman–Crippen MR) is 104 cm³/mol. The first-order chi connectivity index (χ1) is 12.3. The molecule has 138 valence electrons. The molecule has 0 radical (unpaired) electrons. The van der Waals surface area contributed by atoms with Crippen LogP contribution in [0.4, 0.5) is 4.39 Å². The number of hydrogen-bond donors (Lipinski definition) is 1. The molecule has 0 amide bonds. The topological polar surface area (TPSA) is 30.5 Å². The van der Waals surface area contributed by atoms with Gasteiger partial charge in [0.1, 0.15) is 5.73 Å². The Morgan fingerprint density at radius 1 is 1.08 bits per heavy atom. The van der Waals surface area contributed by atoms with Crippen molar-refractivity contribution in [1.29, 1.82) is 0 Å². The zero-order valence-corrected chi connectivity index (χ0v) is 16.1. The molecule has 3 nitrogen and oxygen atoms in total. The molecule has 0 bridgehead atoms. The van der Waals surface area contributed by atoms with E-state index in [0.29, 0.717) is 6.42 Å². The van der Waals surface area contributed by atoms with Gasteiger partial charge in [-0.1, -0.05) is 18.2 Å². The average molecular weight is 355 g/mol. The van der Waals surface area contributed by atoms with Crippen molar-refractivity contribution >= 4 is 18.3 Å². The molecule has 0 unspecified atom stereocenters. The largest absolute Gasteiger partial charge is 0.525 e. The molecule has 0 spiro atoms. The van der Waals surface area contributed by atoms with Crippen LogP contribution in [0.5, 0.6) is 0 Å². The Morgan fingerprint density at radius 3 is 2.46 bits per heavy atom. The first-order valence-electron chi connectivity index (χ1n) is 9.56. The lowest BCUT2D eigenvalue weighted by molar-refractivity contribution is 0.00578. The molecule has 1 aromatic carbocycles. The molecule has 0 aromatic heterocycles. The van der Waals surface area contributed by atoms with Gasteiger partial charge in [0.2, 0.25) is 0 Å². The van der Waals surface area contributed by atoms with Crippen molar-refractivity contribution in [3.63, 3.8) is 0 Å². The summed E-state index contributed by atoms with van der Waals surface area (Å²) in [5, 5.41) is 3.34. The van der Waals surface area contributed by atoms with Crippen LogP contribution >= 0.6 is 0 Å². The van der Waals surface area contributed by atoms with E-state index in [9.17, 15) is 0 Å². The van der Waals surface area contributed by atoms with E-state index < -0.39 is 18.3 Å². The summed E-state index contributed by atoms with van der Waals surface area (Å²) >= 11 is 0. The van der Waals surface area contributed by atoms with E-state index in [-0.39, 0.29) is 5.73 Å². The van der Waals surface area contributed by atoms with Crippen molar-refractivity contribution in [1.82, 2.24) is 5.32 Å². The first kappa shape index (κ1) is 18.0. The standard InChI is InChI=1S/C21H27BFNO2/c1-20(2)21(3,4)26-22(25-20)19(23)17-8-7-15-5-6-16(13-18(15)17)14-9-11-24-12-10-14/h5-6,9,13,24H,7-8,10-12H2,1-4H3. The lowest BCUT2D eigenvalue weighted by Gasteiger charge is -2.32. The van der Waals surface area contributed by atoms with Crippen LogP contribution in [-0.4, -0.2) is 31.4 Å². The summed E-state index contributed by atoms with van der Waals surface area (Å²) in [6.45, 7) is 9.71. The molecule has 5 heteroatoms. The lowest BCUT2D eigenvalue weighted by Crippen LogP contribution is -2.41. The Bertz CT molecular complexity index is 781. The van der Waals surface area contributed by atoms with Gasteiger partial charge in [-0.25, -0.2) is 4.39 Å². The molecule has 0 saturated carbocycles. The van der Waals surface area contributed by atoms with Crippen LogP contribution in [0.3, 0.4) is 0 Å². The summed E-state index contributed by atoms with van der Waals surface area (Å²) in [6, 6.07) is 6.48. The molecule has 0 atom stereocenters. The third-order valence-corrected chi connectivity index (χ3v) is 6.26. The van der Waals surface area contributed by atoms with E-state index in [1.807, 2.05) is 27.7 Å². The minimum atomic E-state index is -0.914. The normalized spacial score (nSPS) is 25.9. The molecule has 4 rings (SSSR count). The highest BCUT2D eigenvalue weighted by atomic mass is 19.1. The van der Waals surface area contributed by atoms with E-state index in [2.05, 4.69) is 29.6 Å². The summed E-state index contributed by atoms with van der Waals surface area (Å²) < 4.78 is 27.2. The zero-order chi connectivity index (χ0) is 18.5. The van der Waals surface area contributed by atoms with E-state index in [4.69, 9.17) is 9.31 Å². The third kappa shape index (κ3) is 2.96. The molecule has 1 aliphatic carbocycles. The second kappa shape index (κ2) is 6.33. The Labute approximate surface area is 155 Å². The number of nitrogens with one attached hydrogen (secondary N) is 1. The number of benzene rings is 1. The Kier molecular flexibility index (Phi) is 4.37. The average Bonchev–Trinajstić information content (AvgIpc) is 3.12. The van der Waals surface area contributed by atoms with Crippen LogP contribution in [0.15, 0.2) is 30.0 Å². The number of rotatable bonds is 2. The fourth-order valence-electron chi connectivity index (χ4n) is 3.89. The lowest BCUT2D eigenvalue weighted by atomic mass is 9.82. The van der Waals surface area contributed by atoms with Gasteiger partial charge in [0.05, 0.1) is 11.2 Å². The van der Waals surface area contributed by atoms with Crippen LogP contribution in [0.2, 0.25) is 0 Å². The van der Waals surface area contributed by atoms with Gasteiger partial charge >= 0.3 is 7.12 Å². The van der Waals surface area contributed by atoms with Crippen LogP contribution in [0.1, 0.15) is 57.2 Å². The van der Waals surface area contributed by atoms with Gasteiger partial charge in [-0.15, -0.1) is 0 Å². The van der Waals surface area contributed by atoms with Crippen molar-refractivity contribution in [3.05, 3.63) is 46.7 Å². The van der Waals surface area contributed by atoms with Crippen molar-refractivity contribution in [2.45, 2.75) is 58.2 Å². The van der Waals surface area contributed by atoms with E-state index in [1.54, 1.807) is 0 Å². The van der Waals surface area contributed by atoms with Crippen LogP contribution in [0.25, 0.3) is 11.1 Å². The fourth-order valence-corrected chi connectivity index (χ4v) is 3.89. The van der Waals surface area contributed by atoms with Gasteiger partial charge in [-0.3, -0.25) is 0 Å². The summed E-state index contributed by atoms with van der Waals surface area (Å²) in [5.74, 6) is 0. The molecule has 26 heavy (non-hydrogen) atoms. The van der Waals surface area contributed by atoms with E-state index in [1.165, 1.54) is 16.7 Å². The van der Waals surface area contributed by atoms with E-state index in [0.717, 1.165) is 37.1 Å². The first-order valence-corrected chi connectivity index (χ1v) is 9.56. The highest BCUT2D eigenvalue weighted by Crippen LogP contribution is 2.43. The number of aryl methyl sites for hydroxylation is 1. The SMILES string of the molecule is CC1(C)OB(C(F)=C2CCc3ccc(C4=CCNCC4)cc32)OC1(C)C. The number of fused-ring (bicyclic) bond motifs is 1. The molecular formula is C21H27BFNO2. The van der Waals surface area contributed by atoms with Crippen LogP contribution < -0.4 is 5.32 Å². The Hall–Kier alpha value is -1.43. The van der Waals surface area contributed by atoms with Crippen LogP contribution in [0, 0.1) is 0 Å². The van der Waals surface area contributed by atoms with Gasteiger partial charge in [-0.05, 0) is 87.4 Å². The maximum Gasteiger partial charge on any atom is 0.525 e. The monoisotopic (exact) mass is 355 g/mol. The second-order valence-corrected chi connectivity index (χ2v) is 8.47. The smallest absolute Gasteiger partial charge is 0.398 e. The molecule has 1 fully saturated rings. The molecule has 1 N–H and O–H groups in total. The molecule has 1 aromatic rings. The number of hydrogen-bond acceptors (Lipinski definition) is 3. The molecule has 2 heterocycles. The second-order valence-electron chi connectivity index (χ2n) is 8.47. The van der Waals surface area contributed by atoms with Gasteiger partial charge in [0, 0.05) is 6.54 Å². The van der Waals surface area contributed by atoms with Gasteiger partial charge < -0.3 is 14.6 Å². The van der Waals surface area contributed by atoms with E-state index >= 15 is 4.39 Å². The van der Waals surface area contributed by atoms with Gasteiger partial charge in [0.15, 0.2) is 0 Å². The predicted octanol–water partition coefficient (Wildman–Crippen LogP) is 4.32. The highest BCUT2D eigenvalue weighted by molar-refractivity contribution is 6.55. The quantitative estimate of drug-likeness (QED) is 0.802. The minimum absolute atomic E-state index is 0.265. The maximum absolute atomic E-state index is 15.4. The Balaban J connectivity index is 1.68. The third-order valence-electron chi connectivity index (χ3n) is 6.26. The van der Waals surface area contributed by atoms with Crippen molar-refractivity contribution < 1.29 is 13.7 Å². The van der Waals surface area contributed by atoms with Gasteiger partial charge in [-0.2, -0.15) is 0 Å². The summed E-state index contributed by atoms with van der Waals surface area (Å²) in [7, 11) is -0.914. The summed E-state index contributed by atoms with van der Waals surface area (Å²) in [5.41, 5.74) is 4.20. The molecule has 3 aliphatic rings. The Morgan fingerprint density at radius 2 is 1.81 bits per heavy atom. The number of halogens is 1. The fraction of sp³-hybridized carbons (Fsp3) is 0.524. The van der Waals surface area contributed by atoms with Gasteiger partial charge in [0.25, 0.3) is 0 Å². The number of allylic oxidation sites excluding steroid dienone is 1. The summed E-state index contributed by atoms with van der Waals surface area (Å²) in [6.07, 6.45) is 4.82. The zero-order valence-electron chi connectivity index (χ0n) is 16.1. The van der Waals surface area contributed by atoms with Crippen molar-refractivity contribution in [3.8, 4) is 0 Å².